The molecule has 1 aliphatic heterocycles. The van der Waals surface area contributed by atoms with Crippen molar-refractivity contribution in [2.24, 2.45) is 0 Å². The average molecular weight is 344 g/mol. The Morgan fingerprint density at radius 1 is 1.40 bits per heavy atom. The van der Waals surface area contributed by atoms with Gasteiger partial charge in [0.25, 0.3) is 0 Å². The van der Waals surface area contributed by atoms with Gasteiger partial charge in [-0.2, -0.15) is 0 Å². The summed E-state index contributed by atoms with van der Waals surface area (Å²) < 4.78 is 18.2. The van der Waals surface area contributed by atoms with E-state index in [0.29, 0.717) is 19.8 Å². The van der Waals surface area contributed by atoms with Crippen LogP contribution in [0.5, 0.6) is 5.75 Å². The fraction of sp³-hybridized carbons (Fsp3) is 0.600. The molecule has 0 aromatic heterocycles. The van der Waals surface area contributed by atoms with Gasteiger partial charge in [0.2, 0.25) is 0 Å². The van der Waals surface area contributed by atoms with Gasteiger partial charge in [-0.25, -0.2) is 0 Å². The molecule has 5 heteroatoms. The van der Waals surface area contributed by atoms with Crippen molar-refractivity contribution in [2.45, 2.75) is 25.6 Å². The molecule has 1 aliphatic rings. The minimum Gasteiger partial charge on any atom is -0.491 e. The number of rotatable bonds is 6. The van der Waals surface area contributed by atoms with E-state index in [1.54, 1.807) is 0 Å². The lowest BCUT2D eigenvalue weighted by molar-refractivity contribution is -0.121. The summed E-state index contributed by atoms with van der Waals surface area (Å²) in [6, 6.07) is 7.79. The van der Waals surface area contributed by atoms with Gasteiger partial charge in [-0.1, -0.05) is 22.0 Å². The van der Waals surface area contributed by atoms with Crippen molar-refractivity contribution in [1.82, 2.24) is 5.32 Å². The van der Waals surface area contributed by atoms with Crippen LogP contribution in [0, 0.1) is 0 Å². The average Bonchev–Trinajstić information content (AvgIpc) is 2.37. The van der Waals surface area contributed by atoms with Crippen molar-refractivity contribution in [3.05, 3.63) is 28.7 Å². The van der Waals surface area contributed by atoms with Gasteiger partial charge >= 0.3 is 0 Å². The second-order valence-electron chi connectivity index (χ2n) is 5.51. The van der Waals surface area contributed by atoms with Crippen LogP contribution in [0.4, 0.5) is 0 Å². The summed E-state index contributed by atoms with van der Waals surface area (Å²) in [5.41, 5.74) is -0.112. The second-order valence-corrected chi connectivity index (χ2v) is 6.43. The van der Waals surface area contributed by atoms with Gasteiger partial charge in [0.05, 0.1) is 24.9 Å². The Labute approximate surface area is 128 Å². The molecular formula is C15H22BrNO3. The lowest BCUT2D eigenvalue weighted by Gasteiger charge is -2.36. The molecule has 1 fully saturated rings. The van der Waals surface area contributed by atoms with Crippen LogP contribution < -0.4 is 10.1 Å². The number of nitrogens with one attached hydrogen (secondary N) is 1. The molecule has 1 aromatic carbocycles. The Balaban J connectivity index is 1.60. The van der Waals surface area contributed by atoms with Crippen molar-refractivity contribution in [3.8, 4) is 5.75 Å². The molecule has 0 aliphatic carbocycles. The summed E-state index contributed by atoms with van der Waals surface area (Å²) in [6.45, 7) is 7.60. The summed E-state index contributed by atoms with van der Waals surface area (Å²) in [5, 5.41) is 3.36. The molecule has 1 unspecified atom stereocenters. The molecule has 4 nitrogen and oxygen atoms in total. The Morgan fingerprint density at radius 3 is 3.00 bits per heavy atom. The molecule has 112 valence electrons. The van der Waals surface area contributed by atoms with Crippen LogP contribution in [0.1, 0.15) is 13.8 Å². The summed E-state index contributed by atoms with van der Waals surface area (Å²) in [4.78, 5) is 0. The quantitative estimate of drug-likeness (QED) is 0.806. The molecule has 2 rings (SSSR count). The van der Waals surface area contributed by atoms with E-state index in [2.05, 4.69) is 35.1 Å². The van der Waals surface area contributed by atoms with Crippen LogP contribution in [-0.4, -0.2) is 44.6 Å². The maximum atomic E-state index is 5.92. The molecule has 1 aromatic rings. The number of ether oxygens (including phenoxy) is 3. The number of halogens is 1. The van der Waals surface area contributed by atoms with Crippen LogP contribution >= 0.6 is 15.9 Å². The number of hydrogen-bond donors (Lipinski definition) is 1. The zero-order chi connectivity index (χ0) is 14.4. The first-order valence-electron chi connectivity index (χ1n) is 6.90. The normalized spacial score (nSPS) is 21.6. The fourth-order valence-corrected chi connectivity index (χ4v) is 2.53. The van der Waals surface area contributed by atoms with E-state index in [1.807, 2.05) is 24.3 Å². The van der Waals surface area contributed by atoms with Gasteiger partial charge in [-0.3, -0.25) is 0 Å². The van der Waals surface area contributed by atoms with Gasteiger partial charge in [0.1, 0.15) is 12.4 Å². The molecule has 1 atom stereocenters. The van der Waals surface area contributed by atoms with Crippen molar-refractivity contribution < 1.29 is 14.2 Å². The summed E-state index contributed by atoms with van der Waals surface area (Å²) in [6.07, 6.45) is 0.115. The van der Waals surface area contributed by atoms with Crippen LogP contribution in [0.2, 0.25) is 0 Å². The monoisotopic (exact) mass is 343 g/mol. The summed E-state index contributed by atoms with van der Waals surface area (Å²) in [5.74, 6) is 0.847. The van der Waals surface area contributed by atoms with Gasteiger partial charge in [0, 0.05) is 17.6 Å². The smallest absolute Gasteiger partial charge is 0.120 e. The molecular weight excluding hydrogens is 322 g/mol. The highest BCUT2D eigenvalue weighted by Gasteiger charge is 2.28. The van der Waals surface area contributed by atoms with Gasteiger partial charge in [-0.05, 0) is 32.0 Å². The van der Waals surface area contributed by atoms with Crippen LogP contribution in [-0.2, 0) is 9.47 Å². The van der Waals surface area contributed by atoms with Crippen LogP contribution in [0.25, 0.3) is 0 Å². The fourth-order valence-electron chi connectivity index (χ4n) is 2.15. The first-order chi connectivity index (χ1) is 9.55. The molecule has 0 amide bonds. The topological polar surface area (TPSA) is 39.7 Å². The zero-order valence-electron chi connectivity index (χ0n) is 12.0. The van der Waals surface area contributed by atoms with Crippen molar-refractivity contribution in [2.75, 3.05) is 32.9 Å². The zero-order valence-corrected chi connectivity index (χ0v) is 13.6. The van der Waals surface area contributed by atoms with Crippen molar-refractivity contribution in [3.63, 3.8) is 0 Å². The van der Waals surface area contributed by atoms with E-state index in [4.69, 9.17) is 14.2 Å². The molecule has 1 saturated heterocycles. The maximum Gasteiger partial charge on any atom is 0.120 e. The third kappa shape index (κ3) is 5.40. The molecule has 0 spiro atoms. The molecule has 0 radical (unpaired) electrons. The molecule has 0 saturated carbocycles. The van der Waals surface area contributed by atoms with Crippen molar-refractivity contribution >= 4 is 15.9 Å². The number of hydrogen-bond acceptors (Lipinski definition) is 4. The third-order valence-electron chi connectivity index (χ3n) is 3.00. The van der Waals surface area contributed by atoms with E-state index >= 15 is 0 Å². The Kier molecular flexibility index (Phi) is 5.84. The van der Waals surface area contributed by atoms with E-state index in [0.717, 1.165) is 23.3 Å². The summed E-state index contributed by atoms with van der Waals surface area (Å²) >= 11 is 3.41. The molecule has 1 N–H and O–H groups in total. The van der Waals surface area contributed by atoms with Crippen LogP contribution in [0.3, 0.4) is 0 Å². The maximum absolute atomic E-state index is 5.92. The first kappa shape index (κ1) is 15.8. The van der Waals surface area contributed by atoms with E-state index in [9.17, 15) is 0 Å². The largest absolute Gasteiger partial charge is 0.491 e. The molecule has 0 bridgehead atoms. The van der Waals surface area contributed by atoms with E-state index < -0.39 is 0 Å². The molecule has 20 heavy (non-hydrogen) atoms. The SMILES string of the molecule is CC1(C)CNCC(COCCOc2cccc(Br)c2)O1. The Hall–Kier alpha value is -0.620. The number of benzene rings is 1. The second kappa shape index (κ2) is 7.41. The lowest BCUT2D eigenvalue weighted by Crippen LogP contribution is -2.51. The van der Waals surface area contributed by atoms with Crippen LogP contribution in [0.15, 0.2) is 28.7 Å². The summed E-state index contributed by atoms with van der Waals surface area (Å²) in [7, 11) is 0. The highest BCUT2D eigenvalue weighted by Crippen LogP contribution is 2.18. The number of morpholine rings is 1. The lowest BCUT2D eigenvalue weighted by atomic mass is 10.1. The van der Waals surface area contributed by atoms with E-state index in [1.165, 1.54) is 0 Å². The first-order valence-corrected chi connectivity index (χ1v) is 7.69. The highest BCUT2D eigenvalue weighted by molar-refractivity contribution is 9.10. The molecule has 1 heterocycles. The van der Waals surface area contributed by atoms with E-state index in [-0.39, 0.29) is 11.7 Å². The Bertz CT molecular complexity index is 425. The van der Waals surface area contributed by atoms with Gasteiger partial charge < -0.3 is 19.5 Å². The van der Waals surface area contributed by atoms with Gasteiger partial charge in [-0.15, -0.1) is 0 Å². The van der Waals surface area contributed by atoms with Gasteiger partial charge in [0.15, 0.2) is 0 Å². The van der Waals surface area contributed by atoms with Crippen molar-refractivity contribution in [1.29, 1.82) is 0 Å². The highest BCUT2D eigenvalue weighted by atomic mass is 79.9. The third-order valence-corrected chi connectivity index (χ3v) is 3.50. The Morgan fingerprint density at radius 2 is 2.25 bits per heavy atom. The minimum absolute atomic E-state index is 0.112. The standard InChI is InChI=1S/C15H22BrNO3/c1-15(2)11-17-9-14(20-15)10-18-6-7-19-13-5-3-4-12(16)8-13/h3-5,8,14,17H,6-7,9-11H2,1-2H3. The predicted octanol–water partition coefficient (Wildman–Crippen LogP) is 2.61. The minimum atomic E-state index is -0.112. The predicted molar refractivity (Wildman–Crippen MR) is 82.3 cm³/mol.